The molecule has 1 amide bonds. The van der Waals surface area contributed by atoms with E-state index in [9.17, 15) is 4.79 Å². The maximum atomic E-state index is 12.0. The number of carbonyl (C=O) groups is 1. The van der Waals surface area contributed by atoms with E-state index in [4.69, 9.17) is 0 Å². The third-order valence-corrected chi connectivity index (χ3v) is 4.46. The van der Waals surface area contributed by atoms with E-state index in [2.05, 4.69) is 35.9 Å². The third-order valence-electron chi connectivity index (χ3n) is 3.50. The molecule has 0 aliphatic carbocycles. The molecular formula is C13H20N2OS. The molecule has 0 unspecified atom stereocenters. The number of hydrogen-bond acceptors (Lipinski definition) is 3. The Balaban J connectivity index is 1.88. The van der Waals surface area contributed by atoms with Gasteiger partial charge in [0.1, 0.15) is 0 Å². The van der Waals surface area contributed by atoms with E-state index in [1.807, 2.05) is 0 Å². The maximum absolute atomic E-state index is 12.0. The molecule has 0 spiro atoms. The zero-order chi connectivity index (χ0) is 12.3. The van der Waals surface area contributed by atoms with Gasteiger partial charge in [-0.15, -0.1) is 11.3 Å². The van der Waals surface area contributed by atoms with Crippen molar-refractivity contribution in [2.45, 2.75) is 26.8 Å². The molecule has 0 bridgehead atoms. The number of hydrogen-bond donors (Lipinski definition) is 2. The summed E-state index contributed by atoms with van der Waals surface area (Å²) in [6, 6.07) is 2.14. The fourth-order valence-electron chi connectivity index (χ4n) is 2.30. The molecule has 2 rings (SSSR count). The number of rotatable bonds is 4. The Morgan fingerprint density at radius 3 is 3.06 bits per heavy atom. The first-order valence-electron chi connectivity index (χ1n) is 6.26. The average molecular weight is 252 g/mol. The van der Waals surface area contributed by atoms with E-state index >= 15 is 0 Å². The first-order valence-corrected chi connectivity index (χ1v) is 7.14. The van der Waals surface area contributed by atoms with Crippen molar-refractivity contribution >= 4 is 17.2 Å². The predicted octanol–water partition coefficient (Wildman–Crippen LogP) is 1.78. The predicted molar refractivity (Wildman–Crippen MR) is 71.1 cm³/mol. The van der Waals surface area contributed by atoms with Gasteiger partial charge in [0.15, 0.2) is 0 Å². The molecular weight excluding hydrogens is 232 g/mol. The highest BCUT2D eigenvalue weighted by molar-refractivity contribution is 7.10. The van der Waals surface area contributed by atoms with E-state index in [-0.39, 0.29) is 11.8 Å². The minimum Gasteiger partial charge on any atom is -0.351 e. The van der Waals surface area contributed by atoms with Gasteiger partial charge in [0.25, 0.3) is 0 Å². The van der Waals surface area contributed by atoms with Crippen molar-refractivity contribution < 1.29 is 4.79 Å². The molecule has 1 saturated heterocycles. The van der Waals surface area contributed by atoms with Crippen LogP contribution in [-0.4, -0.2) is 19.0 Å². The highest BCUT2D eigenvalue weighted by Gasteiger charge is 2.29. The molecule has 1 aliphatic rings. The van der Waals surface area contributed by atoms with Crippen LogP contribution in [0.3, 0.4) is 0 Å². The maximum Gasteiger partial charge on any atom is 0.225 e. The van der Waals surface area contributed by atoms with Gasteiger partial charge in [0, 0.05) is 11.4 Å². The summed E-state index contributed by atoms with van der Waals surface area (Å²) in [5.41, 5.74) is 1.35. The SMILES string of the molecule is CCc1ccsc1CNC(=O)[C@@H]1CNC[C@H]1C. The van der Waals surface area contributed by atoms with Crippen LogP contribution in [0.5, 0.6) is 0 Å². The summed E-state index contributed by atoms with van der Waals surface area (Å²) in [6.45, 7) is 6.74. The lowest BCUT2D eigenvalue weighted by Crippen LogP contribution is -2.33. The van der Waals surface area contributed by atoms with Crippen LogP contribution in [0.25, 0.3) is 0 Å². The summed E-state index contributed by atoms with van der Waals surface area (Å²) in [6.07, 6.45) is 1.04. The Labute approximate surface area is 107 Å². The molecule has 17 heavy (non-hydrogen) atoms. The second-order valence-electron chi connectivity index (χ2n) is 4.68. The van der Waals surface area contributed by atoms with Gasteiger partial charge in [-0.25, -0.2) is 0 Å². The Morgan fingerprint density at radius 2 is 2.41 bits per heavy atom. The van der Waals surface area contributed by atoms with Crippen molar-refractivity contribution in [3.05, 3.63) is 21.9 Å². The highest BCUT2D eigenvalue weighted by Crippen LogP contribution is 2.19. The summed E-state index contributed by atoms with van der Waals surface area (Å²) in [4.78, 5) is 13.3. The zero-order valence-corrected chi connectivity index (χ0v) is 11.3. The molecule has 0 radical (unpaired) electrons. The molecule has 1 fully saturated rings. The molecule has 94 valence electrons. The fourth-order valence-corrected chi connectivity index (χ4v) is 3.21. The molecule has 4 heteroatoms. The monoisotopic (exact) mass is 252 g/mol. The Hall–Kier alpha value is -0.870. The van der Waals surface area contributed by atoms with Crippen molar-refractivity contribution in [3.63, 3.8) is 0 Å². The summed E-state index contributed by atoms with van der Waals surface area (Å²) in [5.74, 6) is 0.780. The Morgan fingerprint density at radius 1 is 1.59 bits per heavy atom. The molecule has 1 aromatic heterocycles. The number of aryl methyl sites for hydroxylation is 1. The van der Waals surface area contributed by atoms with E-state index in [1.165, 1.54) is 10.4 Å². The fraction of sp³-hybridized carbons (Fsp3) is 0.615. The number of nitrogens with one attached hydrogen (secondary N) is 2. The van der Waals surface area contributed by atoms with E-state index in [0.717, 1.165) is 19.5 Å². The van der Waals surface area contributed by atoms with Gasteiger partial charge in [-0.05, 0) is 35.9 Å². The number of carbonyl (C=O) groups excluding carboxylic acids is 1. The summed E-state index contributed by atoms with van der Waals surface area (Å²) < 4.78 is 0. The quantitative estimate of drug-likeness (QED) is 0.857. The lowest BCUT2D eigenvalue weighted by Gasteiger charge is -2.14. The standard InChI is InChI=1S/C13H20N2OS/c1-3-10-4-5-17-12(10)8-15-13(16)11-7-14-6-9(11)2/h4-5,9,11,14H,3,6-8H2,1-2H3,(H,15,16)/t9-,11-/m1/s1. The van der Waals surface area contributed by atoms with E-state index < -0.39 is 0 Å². The van der Waals surface area contributed by atoms with Crippen molar-refractivity contribution in [2.24, 2.45) is 11.8 Å². The number of amides is 1. The smallest absolute Gasteiger partial charge is 0.225 e. The highest BCUT2D eigenvalue weighted by atomic mass is 32.1. The van der Waals surface area contributed by atoms with Crippen molar-refractivity contribution in [1.82, 2.24) is 10.6 Å². The minimum atomic E-state index is 0.139. The second kappa shape index (κ2) is 5.65. The van der Waals surface area contributed by atoms with Crippen LogP contribution in [0.4, 0.5) is 0 Å². The lowest BCUT2D eigenvalue weighted by molar-refractivity contribution is -0.125. The Bertz CT molecular complexity index is 389. The van der Waals surface area contributed by atoms with Crippen LogP contribution >= 0.6 is 11.3 Å². The van der Waals surface area contributed by atoms with Crippen LogP contribution in [0.2, 0.25) is 0 Å². The first-order chi connectivity index (χ1) is 8.22. The summed E-state index contributed by atoms with van der Waals surface area (Å²) in [5, 5.41) is 8.42. The molecule has 0 saturated carbocycles. The van der Waals surface area contributed by atoms with Crippen LogP contribution in [0.1, 0.15) is 24.3 Å². The molecule has 2 atom stereocenters. The summed E-state index contributed by atoms with van der Waals surface area (Å²) >= 11 is 1.73. The van der Waals surface area contributed by atoms with Gasteiger partial charge in [-0.3, -0.25) is 4.79 Å². The van der Waals surface area contributed by atoms with Crippen LogP contribution in [0, 0.1) is 11.8 Å². The normalized spacial score (nSPS) is 23.9. The van der Waals surface area contributed by atoms with E-state index in [0.29, 0.717) is 12.5 Å². The van der Waals surface area contributed by atoms with Crippen LogP contribution in [-0.2, 0) is 17.8 Å². The third kappa shape index (κ3) is 2.87. The Kier molecular flexibility index (Phi) is 4.18. The molecule has 2 N–H and O–H groups in total. The van der Waals surface area contributed by atoms with Gasteiger partial charge in [-0.1, -0.05) is 13.8 Å². The zero-order valence-electron chi connectivity index (χ0n) is 10.5. The van der Waals surface area contributed by atoms with Crippen LogP contribution < -0.4 is 10.6 Å². The molecule has 3 nitrogen and oxygen atoms in total. The first kappa shape index (κ1) is 12.6. The molecule has 1 aromatic rings. The van der Waals surface area contributed by atoms with Crippen molar-refractivity contribution in [1.29, 1.82) is 0 Å². The van der Waals surface area contributed by atoms with Gasteiger partial charge in [0.05, 0.1) is 12.5 Å². The van der Waals surface area contributed by atoms with Gasteiger partial charge < -0.3 is 10.6 Å². The minimum absolute atomic E-state index is 0.139. The molecule has 1 aliphatic heterocycles. The van der Waals surface area contributed by atoms with Crippen molar-refractivity contribution in [2.75, 3.05) is 13.1 Å². The topological polar surface area (TPSA) is 41.1 Å². The molecule has 2 heterocycles. The average Bonchev–Trinajstić information content (AvgIpc) is 2.94. The largest absolute Gasteiger partial charge is 0.351 e. The van der Waals surface area contributed by atoms with Gasteiger partial charge in [-0.2, -0.15) is 0 Å². The second-order valence-corrected chi connectivity index (χ2v) is 5.68. The van der Waals surface area contributed by atoms with E-state index in [1.54, 1.807) is 11.3 Å². The lowest BCUT2D eigenvalue weighted by atomic mass is 9.97. The van der Waals surface area contributed by atoms with Crippen LogP contribution in [0.15, 0.2) is 11.4 Å². The number of thiophene rings is 1. The summed E-state index contributed by atoms with van der Waals surface area (Å²) in [7, 11) is 0. The van der Waals surface area contributed by atoms with Gasteiger partial charge >= 0.3 is 0 Å². The van der Waals surface area contributed by atoms with Crippen molar-refractivity contribution in [3.8, 4) is 0 Å². The van der Waals surface area contributed by atoms with Gasteiger partial charge in [0.2, 0.25) is 5.91 Å². The molecule has 0 aromatic carbocycles.